The van der Waals surface area contributed by atoms with Crippen molar-refractivity contribution in [1.29, 1.82) is 0 Å². The second-order valence-corrected chi connectivity index (χ2v) is 3.64. The molecule has 0 aliphatic heterocycles. The summed E-state index contributed by atoms with van der Waals surface area (Å²) in [7, 11) is 1.60. The molecule has 0 aliphatic rings. The Balaban J connectivity index is 2.52. The number of benzene rings is 1. The number of aryl methyl sites for hydroxylation is 1. The SMILES string of the molecule is Cn1c(=O)oc2cc(C(N)C(=O)NN)ccc21. The largest absolute Gasteiger partial charge is 0.419 e. The lowest BCUT2D eigenvalue weighted by atomic mass is 10.1. The number of fused-ring (bicyclic) bond motifs is 1. The quantitative estimate of drug-likeness (QED) is 0.355. The third kappa shape index (κ3) is 1.81. The zero-order chi connectivity index (χ0) is 12.6. The van der Waals surface area contributed by atoms with Gasteiger partial charge in [0.2, 0.25) is 0 Å². The van der Waals surface area contributed by atoms with Gasteiger partial charge in [-0.15, -0.1) is 0 Å². The van der Waals surface area contributed by atoms with E-state index in [4.69, 9.17) is 16.0 Å². The maximum atomic E-state index is 11.3. The second-order valence-electron chi connectivity index (χ2n) is 3.64. The van der Waals surface area contributed by atoms with Crippen LogP contribution in [0.25, 0.3) is 11.1 Å². The van der Waals surface area contributed by atoms with Crippen LogP contribution < -0.4 is 22.8 Å². The average Bonchev–Trinajstić information content (AvgIpc) is 2.62. The molecule has 1 aromatic carbocycles. The Kier molecular flexibility index (Phi) is 2.70. The summed E-state index contributed by atoms with van der Waals surface area (Å²) in [4.78, 5) is 22.5. The highest BCUT2D eigenvalue weighted by Gasteiger charge is 2.16. The summed E-state index contributed by atoms with van der Waals surface area (Å²) in [6, 6.07) is 3.97. The van der Waals surface area contributed by atoms with Gasteiger partial charge < -0.3 is 10.2 Å². The van der Waals surface area contributed by atoms with Gasteiger partial charge in [0.25, 0.3) is 5.91 Å². The fourth-order valence-electron chi connectivity index (χ4n) is 1.59. The molecule has 0 bridgehead atoms. The van der Waals surface area contributed by atoms with E-state index in [1.54, 1.807) is 25.2 Å². The van der Waals surface area contributed by atoms with Crippen molar-refractivity contribution in [2.24, 2.45) is 18.6 Å². The van der Waals surface area contributed by atoms with E-state index in [0.29, 0.717) is 16.7 Å². The highest BCUT2D eigenvalue weighted by molar-refractivity contribution is 5.84. The van der Waals surface area contributed by atoms with Crippen molar-refractivity contribution in [3.63, 3.8) is 0 Å². The third-order valence-corrected chi connectivity index (χ3v) is 2.60. The van der Waals surface area contributed by atoms with E-state index in [1.165, 1.54) is 4.57 Å². The van der Waals surface area contributed by atoms with Crippen molar-refractivity contribution >= 4 is 17.0 Å². The molecule has 2 rings (SSSR count). The monoisotopic (exact) mass is 236 g/mol. The van der Waals surface area contributed by atoms with Crippen LogP contribution in [-0.2, 0) is 11.8 Å². The van der Waals surface area contributed by atoms with Gasteiger partial charge >= 0.3 is 5.76 Å². The van der Waals surface area contributed by atoms with Crippen LogP contribution in [0.1, 0.15) is 11.6 Å². The van der Waals surface area contributed by atoms with E-state index in [0.717, 1.165) is 0 Å². The van der Waals surface area contributed by atoms with E-state index < -0.39 is 17.7 Å². The minimum atomic E-state index is -0.894. The first kappa shape index (κ1) is 11.4. The van der Waals surface area contributed by atoms with Crippen LogP contribution in [0.2, 0.25) is 0 Å². The van der Waals surface area contributed by atoms with Crippen LogP contribution in [-0.4, -0.2) is 10.5 Å². The number of carbonyl (C=O) groups is 1. The molecule has 1 amide bonds. The normalized spacial score (nSPS) is 12.6. The van der Waals surface area contributed by atoms with E-state index in [2.05, 4.69) is 0 Å². The van der Waals surface area contributed by atoms with Crippen molar-refractivity contribution in [2.75, 3.05) is 0 Å². The van der Waals surface area contributed by atoms with E-state index in [9.17, 15) is 9.59 Å². The lowest BCUT2D eigenvalue weighted by Crippen LogP contribution is -2.38. The molecular weight excluding hydrogens is 224 g/mol. The Bertz CT molecular complexity index is 628. The molecule has 1 unspecified atom stereocenters. The third-order valence-electron chi connectivity index (χ3n) is 2.60. The van der Waals surface area contributed by atoms with Crippen LogP contribution >= 0.6 is 0 Å². The predicted octanol–water partition coefficient (Wildman–Crippen LogP) is -0.879. The first-order chi connectivity index (χ1) is 8.04. The number of carbonyl (C=O) groups excluding carboxylic acids is 1. The molecule has 90 valence electrons. The summed E-state index contributed by atoms with van der Waals surface area (Å²) in [5.41, 5.74) is 9.18. The first-order valence-corrected chi connectivity index (χ1v) is 4.90. The zero-order valence-electron chi connectivity index (χ0n) is 9.14. The van der Waals surface area contributed by atoms with Crippen molar-refractivity contribution in [3.8, 4) is 0 Å². The number of aromatic nitrogens is 1. The number of hydrazine groups is 1. The minimum Gasteiger partial charge on any atom is -0.408 e. The van der Waals surface area contributed by atoms with Crippen LogP contribution in [0.4, 0.5) is 0 Å². The number of amides is 1. The molecule has 0 spiro atoms. The van der Waals surface area contributed by atoms with E-state index in [1.807, 2.05) is 5.43 Å². The maximum absolute atomic E-state index is 11.3. The molecular formula is C10H12N4O3. The molecule has 2 aromatic rings. The number of nitrogens with two attached hydrogens (primary N) is 2. The molecule has 7 heteroatoms. The Morgan fingerprint density at radius 2 is 2.24 bits per heavy atom. The molecule has 17 heavy (non-hydrogen) atoms. The molecule has 0 saturated carbocycles. The molecule has 5 N–H and O–H groups in total. The topological polar surface area (TPSA) is 116 Å². The van der Waals surface area contributed by atoms with Gasteiger partial charge in [-0.2, -0.15) is 0 Å². The fraction of sp³-hybridized carbons (Fsp3) is 0.200. The van der Waals surface area contributed by atoms with E-state index in [-0.39, 0.29) is 0 Å². The van der Waals surface area contributed by atoms with Crippen LogP contribution in [0.3, 0.4) is 0 Å². The van der Waals surface area contributed by atoms with Gasteiger partial charge in [0.1, 0.15) is 6.04 Å². The summed E-state index contributed by atoms with van der Waals surface area (Å²) in [6.07, 6.45) is 0. The second kappa shape index (κ2) is 4.04. The smallest absolute Gasteiger partial charge is 0.408 e. The number of oxazole rings is 1. The highest BCUT2D eigenvalue weighted by Crippen LogP contribution is 2.18. The van der Waals surface area contributed by atoms with Crippen molar-refractivity contribution in [2.45, 2.75) is 6.04 Å². The number of nitrogens with one attached hydrogen (secondary N) is 1. The lowest BCUT2D eigenvalue weighted by molar-refractivity contribution is -0.122. The fourth-order valence-corrected chi connectivity index (χ4v) is 1.59. The predicted molar refractivity (Wildman–Crippen MR) is 60.7 cm³/mol. The van der Waals surface area contributed by atoms with E-state index >= 15 is 0 Å². The van der Waals surface area contributed by atoms with Crippen LogP contribution in [0.15, 0.2) is 27.4 Å². The summed E-state index contributed by atoms with van der Waals surface area (Å²) >= 11 is 0. The van der Waals surface area contributed by atoms with Crippen molar-refractivity contribution in [3.05, 3.63) is 34.3 Å². The highest BCUT2D eigenvalue weighted by atomic mass is 16.4. The van der Waals surface area contributed by atoms with Crippen molar-refractivity contribution in [1.82, 2.24) is 9.99 Å². The van der Waals surface area contributed by atoms with Gasteiger partial charge in [-0.05, 0) is 17.7 Å². The molecule has 0 radical (unpaired) electrons. The van der Waals surface area contributed by atoms with Crippen LogP contribution in [0, 0.1) is 0 Å². The lowest BCUT2D eigenvalue weighted by Gasteiger charge is -2.09. The number of nitrogens with zero attached hydrogens (tertiary/aromatic N) is 1. The van der Waals surface area contributed by atoms with Gasteiger partial charge in [-0.25, -0.2) is 10.6 Å². The van der Waals surface area contributed by atoms with Gasteiger partial charge in [0.05, 0.1) is 5.52 Å². The Labute approximate surface area is 96.0 Å². The van der Waals surface area contributed by atoms with Crippen molar-refractivity contribution < 1.29 is 9.21 Å². The minimum absolute atomic E-state index is 0.385. The Morgan fingerprint density at radius 1 is 1.53 bits per heavy atom. The number of rotatable bonds is 2. The van der Waals surface area contributed by atoms with Gasteiger partial charge in [-0.3, -0.25) is 14.8 Å². The van der Waals surface area contributed by atoms with Gasteiger partial charge in [-0.1, -0.05) is 6.07 Å². The zero-order valence-corrected chi connectivity index (χ0v) is 9.14. The molecule has 1 atom stereocenters. The summed E-state index contributed by atoms with van der Waals surface area (Å²) in [5.74, 6) is 4.02. The molecule has 1 aromatic heterocycles. The number of hydrogen-bond donors (Lipinski definition) is 3. The molecule has 7 nitrogen and oxygen atoms in total. The summed E-state index contributed by atoms with van der Waals surface area (Å²) in [5, 5.41) is 0. The van der Waals surface area contributed by atoms with Gasteiger partial charge in [0, 0.05) is 7.05 Å². The summed E-state index contributed by atoms with van der Waals surface area (Å²) in [6.45, 7) is 0. The summed E-state index contributed by atoms with van der Waals surface area (Å²) < 4.78 is 6.36. The Hall–Kier alpha value is -2.12. The average molecular weight is 236 g/mol. The Morgan fingerprint density at radius 3 is 2.88 bits per heavy atom. The maximum Gasteiger partial charge on any atom is 0.419 e. The molecule has 0 saturated heterocycles. The van der Waals surface area contributed by atoms with Crippen LogP contribution in [0.5, 0.6) is 0 Å². The van der Waals surface area contributed by atoms with Gasteiger partial charge in [0.15, 0.2) is 5.58 Å². The molecule has 1 heterocycles. The molecule has 0 fully saturated rings. The standard InChI is InChI=1S/C10H12N4O3/c1-14-6-3-2-5(8(11)9(15)13-12)4-7(6)17-10(14)16/h2-4,8H,11-12H2,1H3,(H,13,15). The number of hydrogen-bond acceptors (Lipinski definition) is 5. The first-order valence-electron chi connectivity index (χ1n) is 4.90. The molecule has 0 aliphatic carbocycles.